The molecule has 0 aliphatic carbocycles. The number of amides is 2. The number of nitrogens with one attached hydrogen (secondary N) is 2. The van der Waals surface area contributed by atoms with Gasteiger partial charge in [-0.2, -0.15) is 0 Å². The minimum absolute atomic E-state index is 0.323. The number of benzene rings is 2. The van der Waals surface area contributed by atoms with Gasteiger partial charge in [0.05, 0.1) is 25.9 Å². The SMILES string of the molecule is Cc1cccc(Cl)c1C(=O)NNC(=O)c1ccc(C#Cc2cnc3ccccc3c2)s1. The molecule has 5 nitrogen and oxygen atoms in total. The molecule has 2 heterocycles. The highest BCUT2D eigenvalue weighted by Gasteiger charge is 2.15. The number of nitrogens with zero attached hydrogens (tertiary/aromatic N) is 1. The Morgan fingerprint density at radius 1 is 0.968 bits per heavy atom. The Labute approximate surface area is 188 Å². The van der Waals surface area contributed by atoms with Gasteiger partial charge in [-0.1, -0.05) is 53.8 Å². The van der Waals surface area contributed by atoms with Crippen molar-refractivity contribution in [1.82, 2.24) is 15.8 Å². The molecule has 152 valence electrons. The normalized spacial score (nSPS) is 10.3. The van der Waals surface area contributed by atoms with Crippen LogP contribution in [0.3, 0.4) is 0 Å². The van der Waals surface area contributed by atoms with E-state index in [1.165, 1.54) is 11.3 Å². The Hall–Kier alpha value is -3.66. The minimum atomic E-state index is -0.475. The summed E-state index contributed by atoms with van der Waals surface area (Å²) in [4.78, 5) is 30.3. The number of pyridine rings is 1. The smallest absolute Gasteiger partial charge is 0.267 e. The zero-order valence-electron chi connectivity index (χ0n) is 16.4. The highest BCUT2D eigenvalue weighted by Crippen LogP contribution is 2.19. The molecule has 0 spiro atoms. The van der Waals surface area contributed by atoms with Gasteiger partial charge in [0.15, 0.2) is 0 Å². The number of halogens is 1. The Balaban J connectivity index is 1.42. The highest BCUT2D eigenvalue weighted by molar-refractivity contribution is 7.14. The van der Waals surface area contributed by atoms with E-state index in [9.17, 15) is 9.59 Å². The number of aryl methyl sites for hydroxylation is 1. The molecule has 31 heavy (non-hydrogen) atoms. The number of hydrogen-bond donors (Lipinski definition) is 2. The summed E-state index contributed by atoms with van der Waals surface area (Å²) in [5.74, 6) is 5.22. The van der Waals surface area contributed by atoms with E-state index >= 15 is 0 Å². The topological polar surface area (TPSA) is 71.1 Å². The Morgan fingerprint density at radius 2 is 1.77 bits per heavy atom. The van der Waals surface area contributed by atoms with Crippen LogP contribution < -0.4 is 10.9 Å². The van der Waals surface area contributed by atoms with Crippen LogP contribution in [0.4, 0.5) is 0 Å². The van der Waals surface area contributed by atoms with Crippen LogP contribution in [0.25, 0.3) is 10.9 Å². The number of carbonyl (C=O) groups excluding carboxylic acids is 2. The summed E-state index contributed by atoms with van der Waals surface area (Å²) < 4.78 is 0. The van der Waals surface area contributed by atoms with Gasteiger partial charge in [0, 0.05) is 17.1 Å². The predicted molar refractivity (Wildman–Crippen MR) is 123 cm³/mol. The molecule has 4 rings (SSSR count). The van der Waals surface area contributed by atoms with Crippen LogP contribution >= 0.6 is 22.9 Å². The van der Waals surface area contributed by atoms with E-state index < -0.39 is 11.8 Å². The summed E-state index contributed by atoms with van der Waals surface area (Å²) in [5, 5.41) is 1.34. The van der Waals surface area contributed by atoms with E-state index in [4.69, 9.17) is 11.6 Å². The second-order valence-electron chi connectivity index (χ2n) is 6.67. The van der Waals surface area contributed by atoms with Crippen molar-refractivity contribution in [2.45, 2.75) is 6.92 Å². The van der Waals surface area contributed by atoms with Crippen LogP contribution in [0.1, 0.15) is 36.0 Å². The molecular weight excluding hydrogens is 430 g/mol. The summed E-state index contributed by atoms with van der Waals surface area (Å²) in [6, 6.07) is 18.4. The lowest BCUT2D eigenvalue weighted by atomic mass is 10.1. The molecule has 2 aromatic heterocycles. The number of hydrogen-bond acceptors (Lipinski definition) is 4. The van der Waals surface area contributed by atoms with E-state index in [2.05, 4.69) is 27.7 Å². The van der Waals surface area contributed by atoms with Gasteiger partial charge in [-0.25, -0.2) is 0 Å². The third-order valence-corrected chi connectivity index (χ3v) is 5.80. The van der Waals surface area contributed by atoms with Gasteiger partial charge in [0.2, 0.25) is 0 Å². The Kier molecular flexibility index (Phi) is 5.99. The molecule has 0 saturated heterocycles. The molecule has 2 amide bonds. The van der Waals surface area contributed by atoms with Crippen LogP contribution in [-0.2, 0) is 0 Å². The van der Waals surface area contributed by atoms with Crippen molar-refractivity contribution in [1.29, 1.82) is 0 Å². The van der Waals surface area contributed by atoms with Gasteiger partial charge in [-0.15, -0.1) is 11.3 Å². The number of hydrazine groups is 1. The highest BCUT2D eigenvalue weighted by atomic mass is 35.5. The average Bonchev–Trinajstić information content (AvgIpc) is 3.25. The Morgan fingerprint density at radius 3 is 2.61 bits per heavy atom. The molecule has 7 heteroatoms. The third-order valence-electron chi connectivity index (χ3n) is 4.49. The van der Waals surface area contributed by atoms with Crippen LogP contribution in [0, 0.1) is 18.8 Å². The molecule has 0 aliphatic rings. The van der Waals surface area contributed by atoms with Crippen molar-refractivity contribution in [3.63, 3.8) is 0 Å². The van der Waals surface area contributed by atoms with Crippen molar-refractivity contribution in [2.75, 3.05) is 0 Å². The number of rotatable bonds is 2. The third kappa shape index (κ3) is 4.75. The standard InChI is InChI=1S/C24H16ClN3O2S/c1-15-5-4-7-19(25)22(15)24(30)28-27-23(29)21-12-11-18(31-21)10-9-16-13-17-6-2-3-8-20(17)26-14-16/h2-8,11-14H,1H3,(H,27,29)(H,28,30). The molecule has 0 unspecified atom stereocenters. The molecule has 0 aliphatic heterocycles. The largest absolute Gasteiger partial charge is 0.279 e. The summed E-state index contributed by atoms with van der Waals surface area (Å²) >= 11 is 7.32. The van der Waals surface area contributed by atoms with Gasteiger partial charge in [-0.3, -0.25) is 25.4 Å². The fourth-order valence-corrected chi connectivity index (χ4v) is 4.02. The first kappa shape index (κ1) is 20.6. The second-order valence-corrected chi connectivity index (χ2v) is 8.16. The lowest BCUT2D eigenvalue weighted by molar-refractivity contribution is 0.0848. The molecule has 0 bridgehead atoms. The van der Waals surface area contributed by atoms with Crippen LogP contribution in [0.5, 0.6) is 0 Å². The van der Waals surface area contributed by atoms with Gasteiger partial charge in [0.1, 0.15) is 0 Å². The zero-order chi connectivity index (χ0) is 21.8. The maximum Gasteiger partial charge on any atom is 0.279 e. The summed E-state index contributed by atoms with van der Waals surface area (Å²) in [6.45, 7) is 1.78. The van der Waals surface area contributed by atoms with E-state index in [0.29, 0.717) is 15.5 Å². The van der Waals surface area contributed by atoms with Crippen molar-refractivity contribution >= 4 is 45.7 Å². The van der Waals surface area contributed by atoms with Gasteiger partial charge < -0.3 is 0 Å². The first-order chi connectivity index (χ1) is 15.0. The number of fused-ring (bicyclic) bond motifs is 1. The summed E-state index contributed by atoms with van der Waals surface area (Å²) in [5.41, 5.74) is 7.57. The van der Waals surface area contributed by atoms with Gasteiger partial charge >= 0.3 is 0 Å². The van der Waals surface area contributed by atoms with Crippen molar-refractivity contribution in [2.24, 2.45) is 0 Å². The molecule has 2 aromatic carbocycles. The number of para-hydroxylation sites is 1. The first-order valence-electron chi connectivity index (χ1n) is 9.34. The Bertz CT molecular complexity index is 1350. The number of thiophene rings is 1. The average molecular weight is 446 g/mol. The van der Waals surface area contributed by atoms with E-state index in [1.54, 1.807) is 43.5 Å². The lowest BCUT2D eigenvalue weighted by Crippen LogP contribution is -2.41. The van der Waals surface area contributed by atoms with E-state index in [0.717, 1.165) is 26.9 Å². The molecule has 0 atom stereocenters. The minimum Gasteiger partial charge on any atom is -0.267 e. The molecule has 0 fully saturated rings. The molecular formula is C24H16ClN3O2S. The fraction of sp³-hybridized carbons (Fsp3) is 0.0417. The fourth-order valence-electron chi connectivity index (χ4n) is 2.96. The van der Waals surface area contributed by atoms with Crippen molar-refractivity contribution < 1.29 is 9.59 Å². The van der Waals surface area contributed by atoms with Crippen molar-refractivity contribution in [3.8, 4) is 11.8 Å². The van der Waals surface area contributed by atoms with Gasteiger partial charge in [-0.05, 0) is 42.8 Å². The number of carbonyl (C=O) groups is 2. The predicted octanol–water partition coefficient (Wildman–Crippen LogP) is 4.73. The monoisotopic (exact) mass is 445 g/mol. The first-order valence-corrected chi connectivity index (χ1v) is 10.5. The van der Waals surface area contributed by atoms with E-state index in [1.807, 2.05) is 30.3 Å². The summed E-state index contributed by atoms with van der Waals surface area (Å²) in [7, 11) is 0. The number of aromatic nitrogens is 1. The van der Waals surface area contributed by atoms with Crippen LogP contribution in [0.2, 0.25) is 5.02 Å². The molecule has 4 aromatic rings. The van der Waals surface area contributed by atoms with Crippen LogP contribution in [-0.4, -0.2) is 16.8 Å². The van der Waals surface area contributed by atoms with Gasteiger partial charge in [0.25, 0.3) is 11.8 Å². The quantitative estimate of drug-likeness (QED) is 0.346. The zero-order valence-corrected chi connectivity index (χ0v) is 18.0. The second kappa shape index (κ2) is 9.00. The maximum atomic E-state index is 12.4. The molecule has 0 radical (unpaired) electrons. The molecule has 0 saturated carbocycles. The lowest BCUT2D eigenvalue weighted by Gasteiger charge is -2.09. The van der Waals surface area contributed by atoms with Crippen molar-refractivity contribution in [3.05, 3.63) is 98.3 Å². The maximum absolute atomic E-state index is 12.4. The summed E-state index contributed by atoms with van der Waals surface area (Å²) in [6.07, 6.45) is 1.72. The van der Waals surface area contributed by atoms with Crippen LogP contribution in [0.15, 0.2) is 66.9 Å². The molecule has 2 N–H and O–H groups in total. The van der Waals surface area contributed by atoms with E-state index in [-0.39, 0.29) is 0 Å².